The summed E-state index contributed by atoms with van der Waals surface area (Å²) in [6.07, 6.45) is 0.417. The van der Waals surface area contributed by atoms with Gasteiger partial charge in [0.15, 0.2) is 17.5 Å². The number of rotatable bonds is 4. The lowest BCUT2D eigenvalue weighted by molar-refractivity contribution is 0.386. The van der Waals surface area contributed by atoms with Crippen molar-refractivity contribution < 1.29 is 9.13 Å². The summed E-state index contributed by atoms with van der Waals surface area (Å²) in [7, 11) is 3.20. The highest BCUT2D eigenvalue weighted by atomic mass is 19.1. The van der Waals surface area contributed by atoms with E-state index in [1.807, 2.05) is 30.3 Å². The third-order valence-electron chi connectivity index (χ3n) is 4.79. The number of guanidine groups is 1. The van der Waals surface area contributed by atoms with Gasteiger partial charge in [-0.2, -0.15) is 5.10 Å². The molecule has 0 saturated carbocycles. The monoisotopic (exact) mass is 380 g/mol. The van der Waals surface area contributed by atoms with E-state index in [9.17, 15) is 4.39 Å². The summed E-state index contributed by atoms with van der Waals surface area (Å²) in [5.41, 5.74) is 14.4. The number of nitrogens with two attached hydrogens (primary N) is 2. The van der Waals surface area contributed by atoms with Crippen molar-refractivity contribution in [2.45, 2.75) is 12.1 Å². The number of nitrogens with one attached hydrogen (secondary N) is 1. The second kappa shape index (κ2) is 6.65. The van der Waals surface area contributed by atoms with Gasteiger partial charge in [0.05, 0.1) is 12.7 Å². The smallest absolute Gasteiger partial charge is 0.196 e. The zero-order valence-corrected chi connectivity index (χ0v) is 15.6. The predicted molar refractivity (Wildman–Crippen MR) is 106 cm³/mol. The first-order valence-corrected chi connectivity index (χ1v) is 8.78. The van der Waals surface area contributed by atoms with E-state index in [2.05, 4.69) is 15.4 Å². The molecule has 3 aromatic rings. The Morgan fingerprint density at radius 3 is 2.64 bits per heavy atom. The maximum Gasteiger partial charge on any atom is 0.196 e. The fraction of sp³-hybridized carbons (Fsp3) is 0.200. The molecule has 4 rings (SSSR count). The van der Waals surface area contributed by atoms with Crippen molar-refractivity contribution in [1.29, 1.82) is 0 Å². The molecule has 144 valence electrons. The summed E-state index contributed by atoms with van der Waals surface area (Å²) in [4.78, 5) is 4.50. The highest BCUT2D eigenvalue weighted by Crippen LogP contribution is 2.41. The minimum atomic E-state index is -1.15. The molecule has 1 aromatic heterocycles. The fourth-order valence-corrected chi connectivity index (χ4v) is 3.55. The van der Waals surface area contributed by atoms with E-state index < -0.39 is 11.5 Å². The molecule has 2 heterocycles. The molecule has 28 heavy (non-hydrogen) atoms. The number of aryl methyl sites for hydroxylation is 1. The number of hydrogen-bond donors (Lipinski definition) is 3. The summed E-state index contributed by atoms with van der Waals surface area (Å²) in [5, 5.41) is 7.59. The summed E-state index contributed by atoms with van der Waals surface area (Å²) in [6, 6.07) is 14.5. The van der Waals surface area contributed by atoms with Gasteiger partial charge in [-0.25, -0.2) is 9.38 Å². The molecular formula is C20H21FN6O. The first-order valence-electron chi connectivity index (χ1n) is 8.78. The van der Waals surface area contributed by atoms with E-state index in [-0.39, 0.29) is 11.7 Å². The van der Waals surface area contributed by atoms with E-state index in [1.54, 1.807) is 23.9 Å². The van der Waals surface area contributed by atoms with E-state index in [4.69, 9.17) is 16.2 Å². The molecule has 5 N–H and O–H groups in total. The number of aliphatic imine (C=N–C) groups is 1. The molecular weight excluding hydrogens is 359 g/mol. The number of aromatic nitrogens is 2. The molecule has 1 atom stereocenters. The van der Waals surface area contributed by atoms with E-state index in [0.29, 0.717) is 29.1 Å². The van der Waals surface area contributed by atoms with Crippen LogP contribution in [-0.2, 0) is 19.1 Å². The number of anilines is 1. The summed E-state index contributed by atoms with van der Waals surface area (Å²) < 4.78 is 21.0. The standard InChI is InChI=1S/C20H21FN6O/c1-27-18-16(17(26-27)13-8-9-15(28-2)14(21)10-13)20(23,25-19(22)24-18)11-12-6-4-3-5-7-12/h3-10H,11,23H2,1-2H3,(H3,22,24,25). The lowest BCUT2D eigenvalue weighted by atomic mass is 9.89. The van der Waals surface area contributed by atoms with Crippen LogP contribution in [0.4, 0.5) is 10.2 Å². The van der Waals surface area contributed by atoms with Crippen molar-refractivity contribution in [3.8, 4) is 17.0 Å². The molecule has 0 aliphatic carbocycles. The Labute approximate surface area is 161 Å². The Morgan fingerprint density at radius 1 is 1.21 bits per heavy atom. The number of benzene rings is 2. The number of methoxy groups -OCH3 is 1. The first kappa shape index (κ1) is 18.0. The Morgan fingerprint density at radius 2 is 1.96 bits per heavy atom. The van der Waals surface area contributed by atoms with Gasteiger partial charge >= 0.3 is 0 Å². The first-order chi connectivity index (χ1) is 13.4. The number of nitrogens with zero attached hydrogens (tertiary/aromatic N) is 3. The molecule has 8 heteroatoms. The van der Waals surface area contributed by atoms with Crippen molar-refractivity contribution in [3.63, 3.8) is 0 Å². The van der Waals surface area contributed by atoms with Crippen LogP contribution in [0.5, 0.6) is 5.75 Å². The van der Waals surface area contributed by atoms with Crippen molar-refractivity contribution in [1.82, 2.24) is 9.78 Å². The van der Waals surface area contributed by atoms with Crippen molar-refractivity contribution in [2.24, 2.45) is 23.5 Å². The van der Waals surface area contributed by atoms with Crippen LogP contribution in [0.3, 0.4) is 0 Å². The number of halogens is 1. The number of hydrogen-bond acceptors (Lipinski definition) is 6. The maximum absolute atomic E-state index is 14.3. The van der Waals surface area contributed by atoms with E-state index in [0.717, 1.165) is 5.56 Å². The molecule has 0 bridgehead atoms. The molecule has 1 unspecified atom stereocenters. The number of fused-ring (bicyclic) bond motifs is 1. The third-order valence-corrected chi connectivity index (χ3v) is 4.79. The zero-order chi connectivity index (χ0) is 19.9. The maximum atomic E-state index is 14.3. The molecule has 0 amide bonds. The van der Waals surface area contributed by atoms with Crippen LogP contribution in [0, 0.1) is 5.82 Å². The van der Waals surface area contributed by atoms with E-state index in [1.165, 1.54) is 13.2 Å². The molecule has 0 spiro atoms. The average Bonchev–Trinajstić information content (AvgIpc) is 2.99. The van der Waals surface area contributed by atoms with Crippen LogP contribution in [-0.4, -0.2) is 22.8 Å². The van der Waals surface area contributed by atoms with Crippen LogP contribution in [0.25, 0.3) is 11.3 Å². The van der Waals surface area contributed by atoms with E-state index >= 15 is 0 Å². The Kier molecular flexibility index (Phi) is 4.27. The molecule has 1 aliphatic heterocycles. The van der Waals surface area contributed by atoms with Gasteiger partial charge < -0.3 is 21.5 Å². The van der Waals surface area contributed by atoms with Gasteiger partial charge in [0.2, 0.25) is 0 Å². The Hall–Kier alpha value is -3.39. The van der Waals surface area contributed by atoms with Crippen LogP contribution in [0.1, 0.15) is 11.1 Å². The fourth-order valence-electron chi connectivity index (χ4n) is 3.55. The summed E-state index contributed by atoms with van der Waals surface area (Å²) in [5.74, 6) is 0.535. The van der Waals surface area contributed by atoms with Crippen molar-refractivity contribution in [3.05, 3.63) is 65.5 Å². The largest absolute Gasteiger partial charge is 0.494 e. The molecule has 0 radical (unpaired) electrons. The second-order valence-electron chi connectivity index (χ2n) is 6.75. The molecule has 0 saturated heterocycles. The minimum absolute atomic E-state index is 0.164. The van der Waals surface area contributed by atoms with Crippen molar-refractivity contribution >= 4 is 11.8 Å². The topological polar surface area (TPSA) is 103 Å². The van der Waals surface area contributed by atoms with Crippen LogP contribution in [0.15, 0.2) is 53.5 Å². The van der Waals surface area contributed by atoms with Gasteiger partial charge in [-0.3, -0.25) is 4.68 Å². The van der Waals surface area contributed by atoms with Crippen LogP contribution < -0.4 is 21.5 Å². The second-order valence-corrected chi connectivity index (χ2v) is 6.75. The molecule has 0 fully saturated rings. The van der Waals surface area contributed by atoms with Gasteiger partial charge in [-0.05, 0) is 23.8 Å². The third kappa shape index (κ3) is 2.97. The van der Waals surface area contributed by atoms with Gasteiger partial charge in [0.25, 0.3) is 0 Å². The van der Waals surface area contributed by atoms with Crippen LogP contribution in [0.2, 0.25) is 0 Å². The normalized spacial score (nSPS) is 18.2. The molecule has 2 aromatic carbocycles. The SMILES string of the molecule is COc1ccc(-c2nn(C)c3c2C(N)(Cc2ccccc2)N=C(N)N3)cc1F. The average molecular weight is 380 g/mol. The quantitative estimate of drug-likeness (QED) is 0.645. The zero-order valence-electron chi connectivity index (χ0n) is 15.6. The van der Waals surface area contributed by atoms with Gasteiger partial charge in [-0.1, -0.05) is 30.3 Å². The van der Waals surface area contributed by atoms with Gasteiger partial charge in [-0.15, -0.1) is 0 Å². The summed E-state index contributed by atoms with van der Waals surface area (Å²) >= 11 is 0. The number of ether oxygens (including phenoxy) is 1. The Bertz CT molecular complexity index is 1060. The highest BCUT2D eigenvalue weighted by Gasteiger charge is 2.39. The lowest BCUT2D eigenvalue weighted by Gasteiger charge is -2.31. The van der Waals surface area contributed by atoms with Gasteiger partial charge in [0, 0.05) is 19.0 Å². The lowest BCUT2D eigenvalue weighted by Crippen LogP contribution is -2.45. The predicted octanol–water partition coefficient (Wildman–Crippen LogP) is 2.33. The molecule has 7 nitrogen and oxygen atoms in total. The minimum Gasteiger partial charge on any atom is -0.494 e. The van der Waals surface area contributed by atoms with Crippen molar-refractivity contribution in [2.75, 3.05) is 12.4 Å². The summed E-state index contributed by atoms with van der Waals surface area (Å²) in [6.45, 7) is 0. The Balaban J connectivity index is 1.87. The van der Waals surface area contributed by atoms with Crippen LogP contribution >= 0.6 is 0 Å². The molecule has 1 aliphatic rings. The highest BCUT2D eigenvalue weighted by molar-refractivity contribution is 5.96. The van der Waals surface area contributed by atoms with Gasteiger partial charge in [0.1, 0.15) is 17.2 Å².